The molecule has 1 aliphatic heterocycles. The van der Waals surface area contributed by atoms with Crippen molar-refractivity contribution < 1.29 is 4.79 Å². The fraction of sp³-hybridized carbons (Fsp3) is 0.846. The van der Waals surface area contributed by atoms with Crippen LogP contribution in [0.5, 0.6) is 0 Å². The Morgan fingerprint density at radius 1 is 1.15 bits per heavy atom. The molecular weight excluding hydrogens is 274 g/mol. The zero-order valence-electron chi connectivity index (χ0n) is 11.7. The van der Waals surface area contributed by atoms with E-state index in [1.54, 1.807) is 0 Å². The number of amides is 1. The summed E-state index contributed by atoms with van der Waals surface area (Å²) in [6, 6.07) is 0.462. The zero-order valence-corrected chi connectivity index (χ0v) is 12.5. The first-order chi connectivity index (χ1) is 9.84. The molecule has 1 aromatic heterocycles. The zero-order chi connectivity index (χ0) is 13.8. The quantitative estimate of drug-likeness (QED) is 0.794. The first-order valence-corrected chi connectivity index (χ1v) is 8.51. The second-order valence-electron chi connectivity index (χ2n) is 5.57. The number of carbonyl (C=O) groups excluding carboxylic acids is 1. The minimum atomic E-state index is 0.224. The average molecular weight is 295 g/mol. The summed E-state index contributed by atoms with van der Waals surface area (Å²) in [6.07, 6.45) is 8.38. The smallest absolute Gasteiger partial charge is 0.233 e. The van der Waals surface area contributed by atoms with Gasteiger partial charge in [0.15, 0.2) is 0 Å². The van der Waals surface area contributed by atoms with E-state index in [2.05, 4.69) is 15.5 Å². The third-order valence-electron chi connectivity index (χ3n) is 3.89. The van der Waals surface area contributed by atoms with Gasteiger partial charge >= 0.3 is 0 Å². The van der Waals surface area contributed by atoms with E-state index >= 15 is 0 Å². The van der Waals surface area contributed by atoms with Crippen LogP contribution in [0.1, 0.15) is 51.0 Å². The SMILES string of the molecule is O=C(CSc1nnnn1C1CC1)N1CCCCCCC1. The minimum absolute atomic E-state index is 0.224. The Hall–Kier alpha value is -1.11. The second-order valence-corrected chi connectivity index (χ2v) is 6.52. The third kappa shape index (κ3) is 3.50. The van der Waals surface area contributed by atoms with Gasteiger partial charge in [-0.15, -0.1) is 5.10 Å². The van der Waals surface area contributed by atoms with Crippen molar-refractivity contribution in [2.45, 2.75) is 56.1 Å². The van der Waals surface area contributed by atoms with Gasteiger partial charge in [0.1, 0.15) is 0 Å². The van der Waals surface area contributed by atoms with E-state index in [1.807, 2.05) is 9.58 Å². The minimum Gasteiger partial charge on any atom is -0.342 e. The highest BCUT2D eigenvalue weighted by molar-refractivity contribution is 7.99. The molecule has 0 aromatic carbocycles. The van der Waals surface area contributed by atoms with Gasteiger partial charge in [-0.25, -0.2) is 4.68 Å². The summed E-state index contributed by atoms with van der Waals surface area (Å²) in [6.45, 7) is 1.82. The van der Waals surface area contributed by atoms with E-state index in [4.69, 9.17) is 0 Å². The number of hydrogen-bond acceptors (Lipinski definition) is 5. The molecule has 1 aromatic rings. The lowest BCUT2D eigenvalue weighted by atomic mass is 10.1. The average Bonchev–Trinajstić information content (AvgIpc) is 3.15. The summed E-state index contributed by atoms with van der Waals surface area (Å²) in [5.74, 6) is 0.676. The van der Waals surface area contributed by atoms with Crippen LogP contribution in [0.25, 0.3) is 0 Å². The normalized spacial score (nSPS) is 20.5. The number of aromatic nitrogens is 4. The summed E-state index contributed by atoms with van der Waals surface area (Å²) in [5, 5.41) is 12.5. The Bertz CT molecular complexity index is 451. The second kappa shape index (κ2) is 6.56. The van der Waals surface area contributed by atoms with Gasteiger partial charge in [-0.1, -0.05) is 31.0 Å². The Kier molecular flexibility index (Phi) is 4.54. The van der Waals surface area contributed by atoms with Gasteiger partial charge in [-0.3, -0.25) is 4.79 Å². The van der Waals surface area contributed by atoms with Gasteiger partial charge in [0.05, 0.1) is 11.8 Å². The maximum absolute atomic E-state index is 12.3. The number of nitrogens with zero attached hydrogens (tertiary/aromatic N) is 5. The molecule has 20 heavy (non-hydrogen) atoms. The number of rotatable bonds is 4. The Morgan fingerprint density at radius 3 is 2.55 bits per heavy atom. The highest BCUT2D eigenvalue weighted by atomic mass is 32.2. The van der Waals surface area contributed by atoms with Crippen LogP contribution in [0.4, 0.5) is 0 Å². The molecule has 110 valence electrons. The Balaban J connectivity index is 1.51. The van der Waals surface area contributed by atoms with E-state index in [-0.39, 0.29) is 5.91 Å². The lowest BCUT2D eigenvalue weighted by molar-refractivity contribution is -0.128. The third-order valence-corrected chi connectivity index (χ3v) is 4.81. The molecule has 1 saturated heterocycles. The summed E-state index contributed by atoms with van der Waals surface area (Å²) in [4.78, 5) is 14.3. The number of hydrogen-bond donors (Lipinski definition) is 0. The summed E-state index contributed by atoms with van der Waals surface area (Å²) < 4.78 is 1.87. The van der Waals surface area contributed by atoms with Gasteiger partial charge in [0, 0.05) is 13.1 Å². The van der Waals surface area contributed by atoms with Gasteiger partial charge in [0.2, 0.25) is 11.1 Å². The van der Waals surface area contributed by atoms with Crippen molar-refractivity contribution in [1.82, 2.24) is 25.1 Å². The van der Waals surface area contributed by atoms with Crippen molar-refractivity contribution in [3.63, 3.8) is 0 Å². The molecule has 1 amide bonds. The highest BCUT2D eigenvalue weighted by Crippen LogP contribution is 2.36. The molecule has 2 aliphatic rings. The maximum Gasteiger partial charge on any atom is 0.233 e. The van der Waals surface area contributed by atoms with Crippen LogP contribution >= 0.6 is 11.8 Å². The van der Waals surface area contributed by atoms with E-state index in [1.165, 1.54) is 31.0 Å². The molecule has 1 saturated carbocycles. The molecule has 0 atom stereocenters. The molecule has 6 nitrogen and oxygen atoms in total. The topological polar surface area (TPSA) is 63.9 Å². The summed E-state index contributed by atoms with van der Waals surface area (Å²) in [5.41, 5.74) is 0. The van der Waals surface area contributed by atoms with Gasteiger partial charge < -0.3 is 4.90 Å². The van der Waals surface area contributed by atoms with E-state index in [0.717, 1.165) is 43.9 Å². The molecule has 1 aliphatic carbocycles. The molecule has 0 spiro atoms. The number of carbonyl (C=O) groups is 1. The molecule has 7 heteroatoms. The molecule has 3 rings (SSSR count). The van der Waals surface area contributed by atoms with Gasteiger partial charge in [-0.2, -0.15) is 0 Å². The predicted octanol–water partition coefficient (Wildman–Crippen LogP) is 1.89. The van der Waals surface area contributed by atoms with E-state index in [9.17, 15) is 4.79 Å². The fourth-order valence-corrected chi connectivity index (χ4v) is 3.39. The monoisotopic (exact) mass is 295 g/mol. The van der Waals surface area contributed by atoms with Crippen LogP contribution < -0.4 is 0 Å². The Labute approximate surface area is 123 Å². The largest absolute Gasteiger partial charge is 0.342 e. The maximum atomic E-state index is 12.3. The summed E-state index contributed by atoms with van der Waals surface area (Å²) in [7, 11) is 0. The van der Waals surface area contributed by atoms with Crippen molar-refractivity contribution >= 4 is 17.7 Å². The van der Waals surface area contributed by atoms with Crippen LogP contribution in [0.3, 0.4) is 0 Å². The van der Waals surface area contributed by atoms with Crippen molar-refractivity contribution in [3.05, 3.63) is 0 Å². The first-order valence-electron chi connectivity index (χ1n) is 7.53. The standard InChI is InChI=1S/C13H21N5OS/c19-12(17-8-4-2-1-3-5-9-17)10-20-13-14-15-16-18(13)11-6-7-11/h11H,1-10H2. The highest BCUT2D eigenvalue weighted by Gasteiger charge is 2.28. The van der Waals surface area contributed by atoms with Crippen molar-refractivity contribution in [1.29, 1.82) is 0 Å². The van der Waals surface area contributed by atoms with Crippen LogP contribution in [-0.4, -0.2) is 49.9 Å². The number of thioether (sulfide) groups is 1. The Morgan fingerprint density at radius 2 is 1.85 bits per heavy atom. The van der Waals surface area contributed by atoms with Gasteiger partial charge in [-0.05, 0) is 36.1 Å². The predicted molar refractivity (Wildman–Crippen MR) is 76.5 cm³/mol. The van der Waals surface area contributed by atoms with Crippen LogP contribution in [-0.2, 0) is 4.79 Å². The first kappa shape index (κ1) is 13.9. The molecule has 2 heterocycles. The van der Waals surface area contributed by atoms with Crippen LogP contribution in [0, 0.1) is 0 Å². The van der Waals surface area contributed by atoms with E-state index in [0.29, 0.717) is 11.8 Å². The van der Waals surface area contributed by atoms with Crippen LogP contribution in [0.15, 0.2) is 5.16 Å². The number of tetrazole rings is 1. The molecule has 0 bridgehead atoms. The molecular formula is C13H21N5OS. The number of likely N-dealkylation sites (tertiary alicyclic amines) is 1. The van der Waals surface area contributed by atoms with Crippen molar-refractivity contribution in [2.24, 2.45) is 0 Å². The van der Waals surface area contributed by atoms with Gasteiger partial charge in [0.25, 0.3) is 0 Å². The summed E-state index contributed by atoms with van der Waals surface area (Å²) >= 11 is 1.47. The van der Waals surface area contributed by atoms with E-state index < -0.39 is 0 Å². The fourth-order valence-electron chi connectivity index (χ4n) is 2.54. The molecule has 0 radical (unpaired) electrons. The van der Waals surface area contributed by atoms with Crippen molar-refractivity contribution in [3.8, 4) is 0 Å². The lowest BCUT2D eigenvalue weighted by Gasteiger charge is -2.24. The molecule has 0 unspecified atom stereocenters. The molecule has 0 N–H and O–H groups in total. The van der Waals surface area contributed by atoms with Crippen molar-refractivity contribution in [2.75, 3.05) is 18.8 Å². The molecule has 2 fully saturated rings. The lowest BCUT2D eigenvalue weighted by Crippen LogP contribution is -2.35. The van der Waals surface area contributed by atoms with Crippen LogP contribution in [0.2, 0.25) is 0 Å².